The van der Waals surface area contributed by atoms with Crippen molar-refractivity contribution in [2.24, 2.45) is 0 Å². The Balaban J connectivity index is 1.67. The maximum absolute atomic E-state index is 12.7. The Morgan fingerprint density at radius 2 is 1.85 bits per heavy atom. The number of para-hydroxylation sites is 2. The number of halogens is 1. The first-order valence-electron chi connectivity index (χ1n) is 8.35. The number of carbonyl (C=O) groups is 2. The average molecular weight is 374 g/mol. The van der Waals surface area contributed by atoms with Crippen LogP contribution in [0, 0.1) is 0 Å². The first-order chi connectivity index (χ1) is 12.6. The fraction of sp³-hybridized carbons (Fsp3) is 0.263. The van der Waals surface area contributed by atoms with Crippen molar-refractivity contribution in [2.75, 3.05) is 24.3 Å². The SMILES string of the molecule is COc1ccccc1NC(=O)[C@H]1CCCN1C(=O)Nc1ccc(Cl)cc1. The van der Waals surface area contributed by atoms with Crippen molar-refractivity contribution in [3.8, 4) is 5.75 Å². The van der Waals surface area contributed by atoms with Gasteiger partial charge in [-0.15, -0.1) is 0 Å². The highest BCUT2D eigenvalue weighted by Crippen LogP contribution is 2.26. The molecular formula is C19H20ClN3O3. The minimum Gasteiger partial charge on any atom is -0.495 e. The lowest BCUT2D eigenvalue weighted by Crippen LogP contribution is -2.45. The first-order valence-corrected chi connectivity index (χ1v) is 8.73. The van der Waals surface area contributed by atoms with Crippen LogP contribution >= 0.6 is 11.6 Å². The highest BCUT2D eigenvalue weighted by atomic mass is 35.5. The Labute approximate surface area is 157 Å². The molecule has 6 nitrogen and oxygen atoms in total. The summed E-state index contributed by atoms with van der Waals surface area (Å²) in [5.74, 6) is 0.356. The van der Waals surface area contributed by atoms with Crippen LogP contribution in [-0.2, 0) is 4.79 Å². The number of ether oxygens (including phenoxy) is 1. The number of rotatable bonds is 4. The van der Waals surface area contributed by atoms with Gasteiger partial charge in [0.1, 0.15) is 11.8 Å². The molecule has 1 heterocycles. The van der Waals surface area contributed by atoms with Gasteiger partial charge in [-0.2, -0.15) is 0 Å². The van der Waals surface area contributed by atoms with Crippen molar-refractivity contribution in [1.29, 1.82) is 0 Å². The highest BCUT2D eigenvalue weighted by Gasteiger charge is 2.34. The molecule has 0 saturated carbocycles. The van der Waals surface area contributed by atoms with E-state index in [0.29, 0.717) is 35.1 Å². The minimum atomic E-state index is -0.521. The number of hydrogen-bond donors (Lipinski definition) is 2. The van der Waals surface area contributed by atoms with Gasteiger partial charge in [0.15, 0.2) is 0 Å². The average Bonchev–Trinajstić information content (AvgIpc) is 3.14. The fourth-order valence-electron chi connectivity index (χ4n) is 2.97. The Morgan fingerprint density at radius 1 is 1.12 bits per heavy atom. The molecule has 0 unspecified atom stereocenters. The number of urea groups is 1. The number of methoxy groups -OCH3 is 1. The maximum atomic E-state index is 12.7. The van der Waals surface area contributed by atoms with E-state index in [1.165, 1.54) is 0 Å². The predicted molar refractivity (Wildman–Crippen MR) is 102 cm³/mol. The van der Waals surface area contributed by atoms with Crippen LogP contribution in [0.3, 0.4) is 0 Å². The number of carbonyl (C=O) groups excluding carboxylic acids is 2. The number of anilines is 2. The zero-order chi connectivity index (χ0) is 18.5. The van der Waals surface area contributed by atoms with Crippen LogP contribution in [0.25, 0.3) is 0 Å². The maximum Gasteiger partial charge on any atom is 0.322 e. The van der Waals surface area contributed by atoms with Gasteiger partial charge < -0.3 is 20.3 Å². The van der Waals surface area contributed by atoms with Gasteiger partial charge in [0, 0.05) is 17.3 Å². The molecule has 2 N–H and O–H groups in total. The van der Waals surface area contributed by atoms with Crippen LogP contribution < -0.4 is 15.4 Å². The van der Waals surface area contributed by atoms with Crippen molar-refractivity contribution in [3.05, 3.63) is 53.6 Å². The monoisotopic (exact) mass is 373 g/mol. The topological polar surface area (TPSA) is 70.7 Å². The smallest absolute Gasteiger partial charge is 0.322 e. The van der Waals surface area contributed by atoms with Gasteiger partial charge in [0.25, 0.3) is 0 Å². The number of benzene rings is 2. The molecule has 1 fully saturated rings. The minimum absolute atomic E-state index is 0.224. The van der Waals surface area contributed by atoms with Gasteiger partial charge in [-0.05, 0) is 49.2 Å². The number of likely N-dealkylation sites (tertiary alicyclic amines) is 1. The molecule has 3 amide bonds. The summed E-state index contributed by atoms with van der Waals surface area (Å²) in [5, 5.41) is 6.26. The molecule has 0 aromatic heterocycles. The second-order valence-corrected chi connectivity index (χ2v) is 6.41. The van der Waals surface area contributed by atoms with Crippen molar-refractivity contribution in [1.82, 2.24) is 4.90 Å². The molecule has 26 heavy (non-hydrogen) atoms. The molecule has 0 bridgehead atoms. The summed E-state index contributed by atoms with van der Waals surface area (Å²) in [6.45, 7) is 0.531. The predicted octanol–water partition coefficient (Wildman–Crippen LogP) is 3.98. The summed E-state index contributed by atoms with van der Waals surface area (Å²) in [5.41, 5.74) is 1.22. The molecule has 0 radical (unpaired) electrons. The summed E-state index contributed by atoms with van der Waals surface area (Å²) in [6, 6.07) is 13.2. The molecule has 1 atom stereocenters. The van der Waals surface area contributed by atoms with E-state index in [2.05, 4.69) is 10.6 Å². The van der Waals surface area contributed by atoms with Gasteiger partial charge in [0.05, 0.1) is 12.8 Å². The molecule has 1 saturated heterocycles. The fourth-order valence-corrected chi connectivity index (χ4v) is 3.10. The van der Waals surface area contributed by atoms with Crippen molar-refractivity contribution in [3.63, 3.8) is 0 Å². The molecule has 1 aliphatic rings. The van der Waals surface area contributed by atoms with Crippen molar-refractivity contribution in [2.45, 2.75) is 18.9 Å². The Hall–Kier alpha value is -2.73. The number of nitrogens with zero attached hydrogens (tertiary/aromatic N) is 1. The number of hydrogen-bond acceptors (Lipinski definition) is 3. The third-order valence-electron chi connectivity index (χ3n) is 4.28. The van der Waals surface area contributed by atoms with Crippen LogP contribution in [0.1, 0.15) is 12.8 Å². The lowest BCUT2D eigenvalue weighted by molar-refractivity contribution is -0.119. The van der Waals surface area contributed by atoms with Gasteiger partial charge in [-0.1, -0.05) is 23.7 Å². The van der Waals surface area contributed by atoms with Crippen LogP contribution in [0.2, 0.25) is 5.02 Å². The van der Waals surface area contributed by atoms with Crippen LogP contribution in [0.15, 0.2) is 48.5 Å². The quantitative estimate of drug-likeness (QED) is 0.851. The first kappa shape index (κ1) is 18.1. The van der Waals surface area contributed by atoms with Gasteiger partial charge in [-0.25, -0.2) is 4.79 Å². The van der Waals surface area contributed by atoms with Crippen LogP contribution in [0.4, 0.5) is 16.2 Å². The number of amides is 3. The summed E-state index contributed by atoms with van der Waals surface area (Å²) in [6.07, 6.45) is 1.40. The molecule has 1 aliphatic heterocycles. The highest BCUT2D eigenvalue weighted by molar-refractivity contribution is 6.30. The van der Waals surface area contributed by atoms with E-state index in [-0.39, 0.29) is 11.9 Å². The van der Waals surface area contributed by atoms with E-state index < -0.39 is 6.04 Å². The van der Waals surface area contributed by atoms with E-state index in [1.807, 2.05) is 12.1 Å². The van der Waals surface area contributed by atoms with Gasteiger partial charge in [-0.3, -0.25) is 4.79 Å². The van der Waals surface area contributed by atoms with E-state index in [9.17, 15) is 9.59 Å². The molecule has 0 aliphatic carbocycles. The molecule has 136 valence electrons. The molecule has 0 spiro atoms. The molecule has 2 aromatic carbocycles. The molecule has 7 heteroatoms. The van der Waals surface area contributed by atoms with Gasteiger partial charge >= 0.3 is 6.03 Å². The number of nitrogens with one attached hydrogen (secondary N) is 2. The lowest BCUT2D eigenvalue weighted by atomic mass is 10.2. The van der Waals surface area contributed by atoms with E-state index in [4.69, 9.17) is 16.3 Å². The zero-order valence-electron chi connectivity index (χ0n) is 14.4. The third kappa shape index (κ3) is 4.08. The largest absolute Gasteiger partial charge is 0.495 e. The van der Waals surface area contributed by atoms with E-state index >= 15 is 0 Å². The normalized spacial score (nSPS) is 16.2. The Morgan fingerprint density at radius 3 is 2.58 bits per heavy atom. The third-order valence-corrected chi connectivity index (χ3v) is 4.53. The van der Waals surface area contributed by atoms with E-state index in [1.54, 1.807) is 48.4 Å². The van der Waals surface area contributed by atoms with Gasteiger partial charge in [0.2, 0.25) is 5.91 Å². The molecule has 3 rings (SSSR count). The summed E-state index contributed by atoms with van der Waals surface area (Å²) in [7, 11) is 1.55. The summed E-state index contributed by atoms with van der Waals surface area (Å²) < 4.78 is 5.25. The van der Waals surface area contributed by atoms with Crippen molar-refractivity contribution < 1.29 is 14.3 Å². The van der Waals surface area contributed by atoms with E-state index in [0.717, 1.165) is 6.42 Å². The second kappa shape index (κ2) is 8.10. The Bertz CT molecular complexity index is 795. The zero-order valence-corrected chi connectivity index (χ0v) is 15.1. The molecular weight excluding hydrogens is 354 g/mol. The lowest BCUT2D eigenvalue weighted by Gasteiger charge is -2.24. The Kier molecular flexibility index (Phi) is 5.63. The second-order valence-electron chi connectivity index (χ2n) is 5.98. The van der Waals surface area contributed by atoms with Crippen LogP contribution in [-0.4, -0.2) is 36.5 Å². The standard InChI is InChI=1S/C19H20ClN3O3/c1-26-17-7-3-2-5-15(17)22-18(24)16-6-4-12-23(16)19(25)21-14-10-8-13(20)9-11-14/h2-3,5,7-11,16H,4,6,12H2,1H3,(H,21,25)(H,22,24)/t16-/m1/s1. The summed E-state index contributed by atoms with van der Waals surface area (Å²) in [4.78, 5) is 26.8. The summed E-state index contributed by atoms with van der Waals surface area (Å²) >= 11 is 5.86. The van der Waals surface area contributed by atoms with Crippen LogP contribution in [0.5, 0.6) is 5.75 Å². The van der Waals surface area contributed by atoms with Crippen molar-refractivity contribution >= 4 is 34.9 Å². The molecule has 2 aromatic rings.